The first kappa shape index (κ1) is 18.0. The number of fused-ring (bicyclic) bond motifs is 1. The summed E-state index contributed by atoms with van der Waals surface area (Å²) in [6, 6.07) is 16.7. The molecular formula is C22H21N3O3. The zero-order chi connectivity index (χ0) is 19.7. The first-order chi connectivity index (χ1) is 13.6. The highest BCUT2D eigenvalue weighted by atomic mass is 16.5. The topological polar surface area (TPSA) is 74.8 Å². The Kier molecular flexibility index (Phi) is 4.69. The van der Waals surface area contributed by atoms with Crippen molar-refractivity contribution in [3.63, 3.8) is 0 Å². The van der Waals surface area contributed by atoms with Crippen molar-refractivity contribution in [3.05, 3.63) is 76.1 Å². The average Bonchev–Trinajstić information content (AvgIpc) is 3.14. The largest absolute Gasteiger partial charge is 0.494 e. The summed E-state index contributed by atoms with van der Waals surface area (Å²) in [4.78, 5) is 27.9. The third-order valence-corrected chi connectivity index (χ3v) is 4.86. The lowest BCUT2D eigenvalue weighted by Crippen LogP contribution is -2.29. The van der Waals surface area contributed by atoms with E-state index >= 15 is 0 Å². The highest BCUT2D eigenvalue weighted by Gasteiger charge is 2.33. The Hall–Kier alpha value is -3.41. The molecule has 1 N–H and O–H groups in total. The van der Waals surface area contributed by atoms with Crippen molar-refractivity contribution in [2.45, 2.75) is 26.3 Å². The molecule has 4 rings (SSSR count). The van der Waals surface area contributed by atoms with Crippen molar-refractivity contribution in [2.75, 3.05) is 6.61 Å². The second-order valence-electron chi connectivity index (χ2n) is 6.73. The lowest BCUT2D eigenvalue weighted by molar-refractivity contribution is -0.130. The molecule has 1 aliphatic rings. The van der Waals surface area contributed by atoms with Gasteiger partial charge < -0.3 is 9.72 Å². The van der Waals surface area contributed by atoms with E-state index in [1.165, 1.54) is 11.9 Å². The molecule has 1 aromatic heterocycles. The number of rotatable bonds is 4. The SMILES string of the molecule is CCOc1ccc2cc([C@@H]3CC(c4ccccc4)=NN3C(C)=O)c(=O)[nH]c2c1. The van der Waals surface area contributed by atoms with Crippen LogP contribution in [0.3, 0.4) is 0 Å². The van der Waals surface area contributed by atoms with Gasteiger partial charge in [-0.05, 0) is 36.1 Å². The van der Waals surface area contributed by atoms with Crippen LogP contribution in [-0.2, 0) is 4.79 Å². The molecule has 0 fully saturated rings. The van der Waals surface area contributed by atoms with Gasteiger partial charge in [-0.15, -0.1) is 0 Å². The maximum atomic E-state index is 12.8. The second kappa shape index (κ2) is 7.31. The fraction of sp³-hybridized carbons (Fsp3) is 0.227. The summed E-state index contributed by atoms with van der Waals surface area (Å²) in [5.74, 6) is 0.515. The summed E-state index contributed by atoms with van der Waals surface area (Å²) in [6.45, 7) is 3.94. The Balaban J connectivity index is 1.74. The maximum Gasteiger partial charge on any atom is 0.253 e. The van der Waals surface area contributed by atoms with Crippen LogP contribution < -0.4 is 10.3 Å². The highest BCUT2D eigenvalue weighted by molar-refractivity contribution is 6.03. The number of aromatic nitrogens is 1. The molecule has 0 saturated heterocycles. The molecule has 0 saturated carbocycles. The first-order valence-corrected chi connectivity index (χ1v) is 9.29. The standard InChI is InChI=1S/C22H21N3O3/c1-3-28-17-10-9-16-11-18(22(27)23-19(16)12-17)21-13-20(24-25(21)14(2)26)15-7-5-4-6-8-15/h4-12,21H,3,13H2,1-2H3,(H,23,27)/t21-/m0/s1. The molecule has 1 amide bonds. The van der Waals surface area contributed by atoms with Crippen molar-refractivity contribution in [1.82, 2.24) is 9.99 Å². The van der Waals surface area contributed by atoms with Gasteiger partial charge in [-0.25, -0.2) is 5.01 Å². The van der Waals surface area contributed by atoms with Crippen LogP contribution >= 0.6 is 0 Å². The van der Waals surface area contributed by atoms with Gasteiger partial charge >= 0.3 is 0 Å². The summed E-state index contributed by atoms with van der Waals surface area (Å²) < 4.78 is 5.50. The number of amides is 1. The van der Waals surface area contributed by atoms with Gasteiger partial charge in [0, 0.05) is 25.0 Å². The Bertz CT molecular complexity index is 1120. The molecular weight excluding hydrogens is 354 g/mol. The summed E-state index contributed by atoms with van der Waals surface area (Å²) in [5, 5.41) is 6.80. The van der Waals surface area contributed by atoms with Gasteiger partial charge in [0.15, 0.2) is 0 Å². The minimum Gasteiger partial charge on any atom is -0.494 e. The first-order valence-electron chi connectivity index (χ1n) is 9.29. The van der Waals surface area contributed by atoms with E-state index in [2.05, 4.69) is 10.1 Å². The smallest absolute Gasteiger partial charge is 0.253 e. The van der Waals surface area contributed by atoms with Gasteiger partial charge in [0.05, 0.1) is 23.9 Å². The fourth-order valence-electron chi connectivity index (χ4n) is 3.55. The number of ether oxygens (including phenoxy) is 1. The molecule has 1 aliphatic heterocycles. The van der Waals surface area contributed by atoms with Crippen LogP contribution in [0, 0.1) is 0 Å². The number of benzene rings is 2. The lowest BCUT2D eigenvalue weighted by Gasteiger charge is -2.20. The third kappa shape index (κ3) is 3.29. The number of hydrogen-bond donors (Lipinski definition) is 1. The number of H-pyrrole nitrogens is 1. The van der Waals surface area contributed by atoms with E-state index < -0.39 is 6.04 Å². The Morgan fingerprint density at radius 1 is 1.21 bits per heavy atom. The van der Waals surface area contributed by atoms with E-state index in [0.29, 0.717) is 29.9 Å². The van der Waals surface area contributed by atoms with Gasteiger partial charge in [-0.1, -0.05) is 30.3 Å². The zero-order valence-corrected chi connectivity index (χ0v) is 15.8. The molecule has 28 heavy (non-hydrogen) atoms. The molecule has 2 aromatic carbocycles. The molecule has 142 valence electrons. The molecule has 6 heteroatoms. The quantitative estimate of drug-likeness (QED) is 0.757. The summed E-state index contributed by atoms with van der Waals surface area (Å²) in [7, 11) is 0. The van der Waals surface area contributed by atoms with Crippen LogP contribution in [0.4, 0.5) is 0 Å². The molecule has 0 aliphatic carbocycles. The number of hydrogen-bond acceptors (Lipinski definition) is 4. The lowest BCUT2D eigenvalue weighted by atomic mass is 9.98. The van der Waals surface area contributed by atoms with E-state index in [1.54, 1.807) is 0 Å². The van der Waals surface area contributed by atoms with E-state index in [9.17, 15) is 9.59 Å². The molecule has 0 radical (unpaired) electrons. The van der Waals surface area contributed by atoms with Crippen molar-refractivity contribution < 1.29 is 9.53 Å². The Morgan fingerprint density at radius 2 is 2.00 bits per heavy atom. The second-order valence-corrected chi connectivity index (χ2v) is 6.73. The van der Waals surface area contributed by atoms with Gasteiger partial charge in [-0.2, -0.15) is 5.10 Å². The van der Waals surface area contributed by atoms with Crippen LogP contribution in [0.2, 0.25) is 0 Å². The third-order valence-electron chi connectivity index (χ3n) is 4.86. The van der Waals surface area contributed by atoms with Crippen LogP contribution in [0.5, 0.6) is 5.75 Å². The Labute approximate surface area is 162 Å². The van der Waals surface area contributed by atoms with Gasteiger partial charge in [0.2, 0.25) is 5.91 Å². The van der Waals surface area contributed by atoms with E-state index in [0.717, 1.165) is 16.7 Å². The minimum atomic E-state index is -0.424. The van der Waals surface area contributed by atoms with E-state index in [1.807, 2.05) is 61.5 Å². The average molecular weight is 375 g/mol. The summed E-state index contributed by atoms with van der Waals surface area (Å²) in [6.07, 6.45) is 0.495. The van der Waals surface area contributed by atoms with Crippen molar-refractivity contribution in [3.8, 4) is 5.75 Å². The van der Waals surface area contributed by atoms with Gasteiger partial charge in [-0.3, -0.25) is 9.59 Å². The molecule has 0 unspecified atom stereocenters. The number of aromatic amines is 1. The minimum absolute atomic E-state index is 0.192. The van der Waals surface area contributed by atoms with Crippen molar-refractivity contribution >= 4 is 22.5 Å². The molecule has 1 atom stereocenters. The zero-order valence-electron chi connectivity index (χ0n) is 15.8. The number of pyridine rings is 1. The molecule has 0 bridgehead atoms. The Morgan fingerprint density at radius 3 is 2.71 bits per heavy atom. The number of carbonyl (C=O) groups is 1. The molecule has 2 heterocycles. The van der Waals surface area contributed by atoms with Crippen molar-refractivity contribution in [1.29, 1.82) is 0 Å². The summed E-state index contributed by atoms with van der Waals surface area (Å²) >= 11 is 0. The summed E-state index contributed by atoms with van der Waals surface area (Å²) in [5.41, 5.74) is 2.77. The maximum absolute atomic E-state index is 12.8. The number of carbonyl (C=O) groups excluding carboxylic acids is 1. The molecule has 0 spiro atoms. The van der Waals surface area contributed by atoms with E-state index in [-0.39, 0.29) is 11.5 Å². The highest BCUT2D eigenvalue weighted by Crippen LogP contribution is 2.32. The van der Waals surface area contributed by atoms with Gasteiger partial charge in [0.1, 0.15) is 5.75 Å². The number of nitrogens with one attached hydrogen (secondary N) is 1. The van der Waals surface area contributed by atoms with Crippen LogP contribution in [0.25, 0.3) is 10.9 Å². The normalized spacial score (nSPS) is 16.3. The number of hydrazone groups is 1. The monoisotopic (exact) mass is 375 g/mol. The predicted octanol–water partition coefficient (Wildman–Crippen LogP) is 3.62. The van der Waals surface area contributed by atoms with Crippen LogP contribution in [0.1, 0.15) is 37.4 Å². The van der Waals surface area contributed by atoms with E-state index in [4.69, 9.17) is 4.74 Å². The van der Waals surface area contributed by atoms with Crippen LogP contribution in [-0.4, -0.2) is 28.2 Å². The fourth-order valence-corrected chi connectivity index (χ4v) is 3.55. The molecule has 3 aromatic rings. The van der Waals surface area contributed by atoms with Crippen LogP contribution in [0.15, 0.2) is 64.5 Å². The van der Waals surface area contributed by atoms with Gasteiger partial charge in [0.25, 0.3) is 5.56 Å². The predicted molar refractivity (Wildman–Crippen MR) is 109 cm³/mol. The molecule has 6 nitrogen and oxygen atoms in total. The number of nitrogens with zero attached hydrogens (tertiary/aromatic N) is 2. The van der Waals surface area contributed by atoms with Crippen molar-refractivity contribution in [2.24, 2.45) is 5.10 Å².